The van der Waals surface area contributed by atoms with Gasteiger partial charge in [-0.2, -0.15) is 4.57 Å². The van der Waals surface area contributed by atoms with Gasteiger partial charge in [-0.3, -0.25) is 4.79 Å². The van der Waals surface area contributed by atoms with Gasteiger partial charge in [0.15, 0.2) is 12.4 Å². The number of pyridine rings is 1. The Morgan fingerprint density at radius 3 is 2.77 bits per heavy atom. The second-order valence-electron chi connectivity index (χ2n) is 5.88. The van der Waals surface area contributed by atoms with Crippen molar-refractivity contribution in [3.8, 4) is 0 Å². The molecule has 114 valence electrons. The molecule has 0 unspecified atom stereocenters. The molecule has 22 heavy (non-hydrogen) atoms. The Bertz CT molecular complexity index is 712. The zero-order chi connectivity index (χ0) is 15.5. The first-order valence-electron chi connectivity index (χ1n) is 7.69. The lowest BCUT2D eigenvalue weighted by Crippen LogP contribution is -2.40. The Hall–Kier alpha value is -1.68. The summed E-state index contributed by atoms with van der Waals surface area (Å²) in [6.45, 7) is 2.34. The van der Waals surface area contributed by atoms with E-state index in [-0.39, 0.29) is 5.91 Å². The predicted octanol–water partition coefficient (Wildman–Crippen LogP) is 3.56. The van der Waals surface area contributed by atoms with E-state index in [1.807, 2.05) is 35.9 Å². The monoisotopic (exact) mass is 359 g/mol. The number of anilines is 1. The van der Waals surface area contributed by atoms with E-state index in [1.165, 1.54) is 30.4 Å². The van der Waals surface area contributed by atoms with Crippen molar-refractivity contribution in [2.24, 2.45) is 0 Å². The zero-order valence-electron chi connectivity index (χ0n) is 12.7. The van der Waals surface area contributed by atoms with Gasteiger partial charge in [-0.1, -0.05) is 15.9 Å². The molecule has 0 spiro atoms. The molecule has 1 aromatic carbocycles. The van der Waals surface area contributed by atoms with Gasteiger partial charge in [0.1, 0.15) is 0 Å². The minimum atomic E-state index is 0.00572. The first-order chi connectivity index (χ1) is 10.6. The summed E-state index contributed by atoms with van der Waals surface area (Å²) >= 11 is 3.43. The van der Waals surface area contributed by atoms with Crippen molar-refractivity contribution >= 4 is 27.5 Å². The average Bonchev–Trinajstić information content (AvgIpc) is 2.50. The lowest BCUT2D eigenvalue weighted by molar-refractivity contribution is -0.684. The highest BCUT2D eigenvalue weighted by Gasteiger charge is 2.16. The lowest BCUT2D eigenvalue weighted by Gasteiger charge is -2.13. The van der Waals surface area contributed by atoms with Crippen LogP contribution < -0.4 is 9.88 Å². The van der Waals surface area contributed by atoms with E-state index in [1.54, 1.807) is 0 Å². The molecule has 1 aliphatic carbocycles. The number of hydrogen-bond donors (Lipinski definition) is 1. The fourth-order valence-electron chi connectivity index (χ4n) is 2.94. The molecule has 0 saturated carbocycles. The molecule has 0 aliphatic heterocycles. The summed E-state index contributed by atoms with van der Waals surface area (Å²) in [5.74, 6) is 0.00572. The summed E-state index contributed by atoms with van der Waals surface area (Å²) < 4.78 is 3.00. The molecule has 1 amide bonds. The number of nitrogens with one attached hydrogen (secondary N) is 1. The largest absolute Gasteiger partial charge is 0.320 e. The number of fused-ring (bicyclic) bond motifs is 1. The van der Waals surface area contributed by atoms with E-state index in [2.05, 4.69) is 33.5 Å². The summed E-state index contributed by atoms with van der Waals surface area (Å²) in [5, 5.41) is 2.99. The molecule has 1 heterocycles. The smallest absolute Gasteiger partial charge is 0.290 e. The number of benzene rings is 1. The summed E-state index contributed by atoms with van der Waals surface area (Å²) in [7, 11) is 0. The molecular weight excluding hydrogens is 340 g/mol. The number of amides is 1. The number of hydrogen-bond acceptors (Lipinski definition) is 1. The lowest BCUT2D eigenvalue weighted by atomic mass is 9.93. The summed E-state index contributed by atoms with van der Waals surface area (Å²) in [6.07, 6.45) is 8.96. The molecule has 0 radical (unpaired) electrons. The van der Waals surface area contributed by atoms with Crippen LogP contribution in [0.4, 0.5) is 5.69 Å². The number of nitrogens with zero attached hydrogens (tertiary/aromatic N) is 1. The third-order valence-corrected chi connectivity index (χ3v) is 4.63. The van der Waals surface area contributed by atoms with Crippen LogP contribution >= 0.6 is 15.9 Å². The van der Waals surface area contributed by atoms with Crippen molar-refractivity contribution in [1.82, 2.24) is 0 Å². The Morgan fingerprint density at radius 2 is 2.00 bits per heavy atom. The van der Waals surface area contributed by atoms with Gasteiger partial charge >= 0.3 is 0 Å². The molecule has 0 saturated heterocycles. The van der Waals surface area contributed by atoms with E-state index in [0.717, 1.165) is 22.1 Å². The van der Waals surface area contributed by atoms with Crippen molar-refractivity contribution in [1.29, 1.82) is 0 Å². The van der Waals surface area contributed by atoms with Crippen LogP contribution in [0.5, 0.6) is 0 Å². The molecule has 1 N–H and O–H groups in total. The zero-order valence-corrected chi connectivity index (χ0v) is 14.3. The Balaban J connectivity index is 1.69. The molecule has 2 aromatic rings. The Labute approximate surface area is 139 Å². The summed E-state index contributed by atoms with van der Waals surface area (Å²) in [5.41, 5.74) is 4.75. The molecule has 4 heteroatoms. The van der Waals surface area contributed by atoms with Crippen molar-refractivity contribution in [2.75, 3.05) is 5.32 Å². The van der Waals surface area contributed by atoms with Crippen molar-refractivity contribution < 1.29 is 9.36 Å². The minimum Gasteiger partial charge on any atom is -0.320 e. The third-order valence-electron chi connectivity index (χ3n) is 4.13. The number of halogens is 1. The highest BCUT2D eigenvalue weighted by Crippen LogP contribution is 2.20. The summed E-state index contributed by atoms with van der Waals surface area (Å²) in [4.78, 5) is 12.2. The van der Waals surface area contributed by atoms with Crippen molar-refractivity contribution in [3.05, 3.63) is 57.8 Å². The quantitative estimate of drug-likeness (QED) is 0.835. The molecule has 3 rings (SSSR count). The first kappa shape index (κ1) is 15.2. The van der Waals surface area contributed by atoms with Crippen LogP contribution in [0.1, 0.15) is 29.5 Å². The van der Waals surface area contributed by atoms with Crippen LogP contribution in [0.15, 0.2) is 41.1 Å². The molecule has 3 nitrogen and oxygen atoms in total. The molecule has 1 aliphatic rings. The number of rotatable bonds is 3. The Morgan fingerprint density at radius 1 is 1.23 bits per heavy atom. The van der Waals surface area contributed by atoms with Gasteiger partial charge in [0, 0.05) is 21.8 Å². The fourth-order valence-corrected chi connectivity index (χ4v) is 3.42. The SMILES string of the molecule is Cc1cc(Br)ccc1NC(=O)C[n+]1ccc2c(c1)CCCC2. The number of carbonyl (C=O) groups excluding carboxylic acids is 1. The average molecular weight is 360 g/mol. The third kappa shape index (κ3) is 3.55. The van der Waals surface area contributed by atoms with E-state index >= 15 is 0 Å². The Kier molecular flexibility index (Phi) is 4.57. The first-order valence-corrected chi connectivity index (χ1v) is 8.48. The molecule has 0 fully saturated rings. The van der Waals surface area contributed by atoms with Crippen LogP contribution in [0.3, 0.4) is 0 Å². The van der Waals surface area contributed by atoms with Gasteiger partial charge < -0.3 is 5.32 Å². The number of aryl methyl sites for hydroxylation is 3. The predicted molar refractivity (Wildman–Crippen MR) is 90.8 cm³/mol. The second-order valence-corrected chi connectivity index (χ2v) is 6.80. The highest BCUT2D eigenvalue weighted by atomic mass is 79.9. The van der Waals surface area contributed by atoms with Crippen molar-refractivity contribution in [2.45, 2.75) is 39.2 Å². The van der Waals surface area contributed by atoms with Crippen molar-refractivity contribution in [3.63, 3.8) is 0 Å². The van der Waals surface area contributed by atoms with E-state index in [4.69, 9.17) is 0 Å². The van der Waals surface area contributed by atoms with Gasteiger partial charge in [-0.15, -0.1) is 0 Å². The van der Waals surface area contributed by atoms with Gasteiger partial charge in [-0.05, 0) is 61.9 Å². The highest BCUT2D eigenvalue weighted by molar-refractivity contribution is 9.10. The second kappa shape index (κ2) is 6.61. The van der Waals surface area contributed by atoms with Crippen LogP contribution in [0.25, 0.3) is 0 Å². The van der Waals surface area contributed by atoms with Gasteiger partial charge in [0.25, 0.3) is 5.91 Å². The maximum absolute atomic E-state index is 12.2. The molecular formula is C18H20BrN2O+. The van der Waals surface area contributed by atoms with E-state index in [9.17, 15) is 4.79 Å². The summed E-state index contributed by atoms with van der Waals surface area (Å²) in [6, 6.07) is 8.03. The van der Waals surface area contributed by atoms with Crippen LogP contribution in [-0.2, 0) is 24.2 Å². The van der Waals surface area contributed by atoms with Crippen LogP contribution in [0, 0.1) is 6.92 Å². The molecule has 0 atom stereocenters. The maximum Gasteiger partial charge on any atom is 0.290 e. The van der Waals surface area contributed by atoms with Gasteiger partial charge in [-0.25, -0.2) is 0 Å². The van der Waals surface area contributed by atoms with Crippen LogP contribution in [0.2, 0.25) is 0 Å². The van der Waals surface area contributed by atoms with Crippen LogP contribution in [-0.4, -0.2) is 5.91 Å². The fraction of sp³-hybridized carbons (Fsp3) is 0.333. The normalized spacial score (nSPS) is 13.5. The standard InChI is InChI=1S/C18H19BrN2O/c1-13-10-16(19)6-7-17(13)20-18(22)12-21-9-8-14-4-2-3-5-15(14)11-21/h6-11H,2-5,12H2,1H3/p+1. The van der Waals surface area contributed by atoms with E-state index in [0.29, 0.717) is 6.54 Å². The molecule has 0 bridgehead atoms. The topological polar surface area (TPSA) is 33.0 Å². The minimum absolute atomic E-state index is 0.00572. The van der Waals surface area contributed by atoms with Gasteiger partial charge in [0.2, 0.25) is 6.54 Å². The molecule has 1 aromatic heterocycles. The maximum atomic E-state index is 12.2. The van der Waals surface area contributed by atoms with Gasteiger partial charge in [0.05, 0.1) is 0 Å². The van der Waals surface area contributed by atoms with E-state index < -0.39 is 0 Å². The number of carbonyl (C=O) groups is 1. The number of aromatic nitrogens is 1.